The summed E-state index contributed by atoms with van der Waals surface area (Å²) in [7, 11) is 0. The number of hydrogen-bond donors (Lipinski definition) is 3. The Hall–Kier alpha value is -2.27. The maximum absolute atomic E-state index is 13.0. The number of halogens is 1. The molecular formula is C19H25FN4O5. The van der Waals surface area contributed by atoms with Gasteiger partial charge in [-0.2, -0.15) is 0 Å². The first-order chi connectivity index (χ1) is 13.9. The molecule has 0 aliphatic carbocycles. The third kappa shape index (κ3) is 4.20. The number of hydrogen-bond acceptors (Lipinski definition) is 6. The Balaban J connectivity index is 1.40. The van der Waals surface area contributed by atoms with Crippen molar-refractivity contribution in [1.82, 2.24) is 15.1 Å². The van der Waals surface area contributed by atoms with E-state index < -0.39 is 42.4 Å². The zero-order chi connectivity index (χ0) is 20.5. The van der Waals surface area contributed by atoms with Gasteiger partial charge in [0.15, 0.2) is 6.29 Å². The van der Waals surface area contributed by atoms with Gasteiger partial charge in [-0.05, 0) is 24.3 Å². The Morgan fingerprint density at radius 1 is 1.17 bits per heavy atom. The molecule has 10 heteroatoms. The number of anilines is 1. The number of urea groups is 1. The third-order valence-corrected chi connectivity index (χ3v) is 5.71. The van der Waals surface area contributed by atoms with E-state index in [2.05, 4.69) is 10.6 Å². The average molecular weight is 408 g/mol. The van der Waals surface area contributed by atoms with Gasteiger partial charge in [-0.3, -0.25) is 9.69 Å². The van der Waals surface area contributed by atoms with E-state index in [9.17, 15) is 19.1 Å². The number of rotatable bonds is 3. The minimum absolute atomic E-state index is 0.0271. The molecule has 5 atom stereocenters. The number of aliphatic hydroxyl groups is 1. The summed E-state index contributed by atoms with van der Waals surface area (Å²) in [4.78, 5) is 27.8. The molecule has 0 radical (unpaired) electrons. The summed E-state index contributed by atoms with van der Waals surface area (Å²) in [5.74, 6) is -0.367. The molecule has 158 valence electrons. The smallest absolute Gasteiger partial charge is 0.319 e. The molecule has 3 N–H and O–H groups in total. The van der Waals surface area contributed by atoms with Gasteiger partial charge in [0.05, 0.1) is 24.8 Å². The zero-order valence-electron chi connectivity index (χ0n) is 16.1. The van der Waals surface area contributed by atoms with Crippen LogP contribution in [0, 0.1) is 5.82 Å². The molecule has 9 nitrogen and oxygen atoms in total. The molecule has 3 heterocycles. The van der Waals surface area contributed by atoms with Crippen LogP contribution in [0.4, 0.5) is 14.9 Å². The molecule has 1 aromatic rings. The SMILES string of the molecule is CC(=O)N1CCN([C@@H]2[C@@H]3OC[C@H](O3)[C@@H](NC(=O)Nc3ccc(F)cc3)[C@@H]2O)CC1. The standard InChI is InChI=1S/C19H25FN4O5/c1-11(25)23-6-8-24(9-7-23)16-17(26)15(14-10-28-18(16)29-14)22-19(27)21-13-4-2-12(20)3-5-13/h2-5,14-18,26H,6-10H2,1H3,(H2,21,22,27)/t14-,15+,16-,17-,18+/m0/s1. The molecule has 1 aromatic carbocycles. The molecular weight excluding hydrogens is 383 g/mol. The summed E-state index contributed by atoms with van der Waals surface area (Å²) in [6.45, 7) is 4.12. The number of ether oxygens (including phenoxy) is 2. The highest BCUT2D eigenvalue weighted by Crippen LogP contribution is 2.32. The van der Waals surface area contributed by atoms with Crippen molar-refractivity contribution in [2.75, 3.05) is 38.1 Å². The molecule has 3 amide bonds. The molecule has 0 aromatic heterocycles. The molecule has 3 fully saturated rings. The van der Waals surface area contributed by atoms with Gasteiger partial charge >= 0.3 is 6.03 Å². The van der Waals surface area contributed by atoms with E-state index in [4.69, 9.17) is 9.47 Å². The normalized spacial score (nSPS) is 32.1. The fourth-order valence-electron chi connectivity index (χ4n) is 4.15. The van der Waals surface area contributed by atoms with Crippen LogP contribution in [0.3, 0.4) is 0 Å². The number of amides is 3. The van der Waals surface area contributed by atoms with E-state index in [0.29, 0.717) is 31.9 Å². The lowest BCUT2D eigenvalue weighted by Gasteiger charge is -2.46. The van der Waals surface area contributed by atoms with E-state index in [0.717, 1.165) is 0 Å². The Bertz CT molecular complexity index is 755. The maximum Gasteiger partial charge on any atom is 0.319 e. The molecule has 3 saturated heterocycles. The first-order valence-electron chi connectivity index (χ1n) is 9.70. The number of benzene rings is 1. The summed E-state index contributed by atoms with van der Waals surface area (Å²) >= 11 is 0. The lowest BCUT2D eigenvalue weighted by atomic mass is 9.94. The largest absolute Gasteiger partial charge is 0.389 e. The molecule has 3 aliphatic rings. The van der Waals surface area contributed by atoms with Gasteiger partial charge in [-0.1, -0.05) is 0 Å². The number of carbonyl (C=O) groups is 2. The minimum Gasteiger partial charge on any atom is -0.389 e. The molecule has 4 rings (SSSR count). The van der Waals surface area contributed by atoms with Gasteiger partial charge in [0.25, 0.3) is 0 Å². The summed E-state index contributed by atoms with van der Waals surface area (Å²) < 4.78 is 24.6. The summed E-state index contributed by atoms with van der Waals surface area (Å²) in [6.07, 6.45) is -1.93. The van der Waals surface area contributed by atoms with Crippen LogP contribution in [0.2, 0.25) is 0 Å². The van der Waals surface area contributed by atoms with Crippen molar-refractivity contribution in [2.45, 2.75) is 37.5 Å². The van der Waals surface area contributed by atoms with Crippen molar-refractivity contribution < 1.29 is 28.6 Å². The van der Waals surface area contributed by atoms with E-state index in [-0.39, 0.29) is 12.5 Å². The fourth-order valence-corrected chi connectivity index (χ4v) is 4.15. The van der Waals surface area contributed by atoms with Gasteiger partial charge in [0, 0.05) is 38.8 Å². The van der Waals surface area contributed by atoms with Crippen LogP contribution in [0.5, 0.6) is 0 Å². The first-order valence-corrected chi connectivity index (χ1v) is 9.70. The average Bonchev–Trinajstić information content (AvgIpc) is 3.13. The van der Waals surface area contributed by atoms with Crippen molar-refractivity contribution in [2.24, 2.45) is 0 Å². The van der Waals surface area contributed by atoms with Crippen molar-refractivity contribution in [3.63, 3.8) is 0 Å². The first kappa shape index (κ1) is 20.0. The Kier molecular flexibility index (Phi) is 5.68. The zero-order valence-corrected chi connectivity index (χ0v) is 16.1. The van der Waals surface area contributed by atoms with E-state index in [1.54, 1.807) is 11.8 Å². The van der Waals surface area contributed by atoms with Gasteiger partial charge in [0.1, 0.15) is 11.9 Å². The van der Waals surface area contributed by atoms with Gasteiger partial charge < -0.3 is 30.1 Å². The number of carbonyl (C=O) groups excluding carboxylic acids is 2. The van der Waals surface area contributed by atoms with E-state index in [1.807, 2.05) is 4.90 Å². The van der Waals surface area contributed by atoms with Crippen LogP contribution in [-0.4, -0.2) is 90.2 Å². The second-order valence-corrected chi connectivity index (χ2v) is 7.53. The second-order valence-electron chi connectivity index (χ2n) is 7.53. The summed E-state index contributed by atoms with van der Waals surface area (Å²) in [5.41, 5.74) is 0.438. The maximum atomic E-state index is 13.0. The summed E-state index contributed by atoms with van der Waals surface area (Å²) in [5, 5.41) is 16.4. The van der Waals surface area contributed by atoms with Crippen LogP contribution in [0.1, 0.15) is 6.92 Å². The third-order valence-electron chi connectivity index (χ3n) is 5.71. The number of fused-ring (bicyclic) bond motifs is 2. The molecule has 3 aliphatic heterocycles. The monoisotopic (exact) mass is 408 g/mol. The molecule has 29 heavy (non-hydrogen) atoms. The van der Waals surface area contributed by atoms with Crippen molar-refractivity contribution >= 4 is 17.6 Å². The van der Waals surface area contributed by atoms with Gasteiger partial charge in [0.2, 0.25) is 5.91 Å². The Morgan fingerprint density at radius 3 is 2.52 bits per heavy atom. The Labute approximate surface area is 167 Å². The number of piperazine rings is 1. The quantitative estimate of drug-likeness (QED) is 0.649. The number of nitrogens with zero attached hydrogens (tertiary/aromatic N) is 2. The molecule has 0 unspecified atom stereocenters. The lowest BCUT2D eigenvalue weighted by Crippen LogP contribution is -2.67. The highest BCUT2D eigenvalue weighted by molar-refractivity contribution is 5.89. The van der Waals surface area contributed by atoms with Crippen molar-refractivity contribution in [3.05, 3.63) is 30.1 Å². The highest BCUT2D eigenvalue weighted by Gasteiger charge is 2.52. The van der Waals surface area contributed by atoms with E-state index >= 15 is 0 Å². The molecule has 2 bridgehead atoms. The van der Waals surface area contributed by atoms with Crippen LogP contribution < -0.4 is 10.6 Å². The molecule has 0 saturated carbocycles. The topological polar surface area (TPSA) is 103 Å². The van der Waals surface area contributed by atoms with Crippen LogP contribution in [0.15, 0.2) is 24.3 Å². The van der Waals surface area contributed by atoms with Crippen LogP contribution in [-0.2, 0) is 14.3 Å². The lowest BCUT2D eigenvalue weighted by molar-refractivity contribution is -0.185. The van der Waals surface area contributed by atoms with Gasteiger partial charge in [-0.25, -0.2) is 9.18 Å². The summed E-state index contributed by atoms with van der Waals surface area (Å²) in [6, 6.07) is 3.78. The predicted octanol–water partition coefficient (Wildman–Crippen LogP) is -0.0355. The fraction of sp³-hybridized carbons (Fsp3) is 0.579. The number of nitrogens with one attached hydrogen (secondary N) is 2. The van der Waals surface area contributed by atoms with Crippen molar-refractivity contribution in [1.29, 1.82) is 0 Å². The highest BCUT2D eigenvalue weighted by atomic mass is 19.1. The Morgan fingerprint density at radius 2 is 1.86 bits per heavy atom. The van der Waals surface area contributed by atoms with Crippen LogP contribution in [0.25, 0.3) is 0 Å². The second kappa shape index (κ2) is 8.23. The number of aliphatic hydroxyl groups excluding tert-OH is 1. The van der Waals surface area contributed by atoms with Crippen molar-refractivity contribution in [3.8, 4) is 0 Å². The van der Waals surface area contributed by atoms with E-state index in [1.165, 1.54) is 24.3 Å². The minimum atomic E-state index is -0.899. The molecule has 0 spiro atoms. The van der Waals surface area contributed by atoms with Gasteiger partial charge in [-0.15, -0.1) is 0 Å². The predicted molar refractivity (Wildman–Crippen MR) is 101 cm³/mol. The van der Waals surface area contributed by atoms with Crippen LogP contribution >= 0.6 is 0 Å².